The maximum absolute atomic E-state index is 11.0. The van der Waals surface area contributed by atoms with Crippen LogP contribution in [0.2, 0.25) is 0 Å². The molecule has 4 bridgehead atoms. The Morgan fingerprint density at radius 3 is 2.47 bits per heavy atom. The zero-order chi connectivity index (χ0) is 12.0. The number of hydrogen-bond donors (Lipinski definition) is 0. The second kappa shape index (κ2) is 4.24. The molecule has 0 saturated heterocycles. The molecule has 0 spiro atoms. The summed E-state index contributed by atoms with van der Waals surface area (Å²) in [5.74, 6) is 3.13. The lowest BCUT2D eigenvalue weighted by atomic mass is 9.49. The molecule has 4 aliphatic rings. The molecule has 3 heteroatoms. The van der Waals surface area contributed by atoms with Crippen molar-refractivity contribution in [1.29, 1.82) is 0 Å². The van der Waals surface area contributed by atoms with Crippen LogP contribution in [-0.4, -0.2) is 18.0 Å². The van der Waals surface area contributed by atoms with E-state index in [9.17, 15) is 4.79 Å². The van der Waals surface area contributed by atoms with Gasteiger partial charge in [-0.3, -0.25) is 4.79 Å². The number of hydrogen-bond acceptors (Lipinski definition) is 2. The molecule has 0 amide bonds. The molecule has 0 radical (unpaired) electrons. The van der Waals surface area contributed by atoms with Gasteiger partial charge in [-0.2, -0.15) is 0 Å². The van der Waals surface area contributed by atoms with Crippen molar-refractivity contribution in [1.82, 2.24) is 0 Å². The summed E-state index contributed by atoms with van der Waals surface area (Å²) in [5, 5.41) is -0.190. The molecule has 0 aromatic carbocycles. The highest BCUT2D eigenvalue weighted by Gasteiger charge is 2.56. The minimum atomic E-state index is -0.190. The lowest BCUT2D eigenvalue weighted by Crippen LogP contribution is -2.58. The largest absolute Gasteiger partial charge is 0.378 e. The van der Waals surface area contributed by atoms with Gasteiger partial charge in [0.2, 0.25) is 5.24 Å². The van der Waals surface area contributed by atoms with Crippen LogP contribution in [0.25, 0.3) is 0 Å². The molecule has 0 aliphatic heterocycles. The Morgan fingerprint density at radius 2 is 1.94 bits per heavy atom. The molecule has 4 rings (SSSR count). The molecule has 0 aromatic heterocycles. The number of halogens is 1. The zero-order valence-corrected chi connectivity index (χ0v) is 11.2. The summed E-state index contributed by atoms with van der Waals surface area (Å²) < 4.78 is 5.94. The first-order chi connectivity index (χ1) is 8.13. The van der Waals surface area contributed by atoms with E-state index in [2.05, 4.69) is 0 Å². The predicted molar refractivity (Wildman–Crippen MR) is 66.9 cm³/mol. The fraction of sp³-hybridized carbons (Fsp3) is 0.929. The second-order valence-corrected chi connectivity index (χ2v) is 6.80. The van der Waals surface area contributed by atoms with Crippen molar-refractivity contribution in [2.75, 3.05) is 7.11 Å². The first-order valence-electron chi connectivity index (χ1n) is 6.86. The molecule has 0 N–H and O–H groups in total. The van der Waals surface area contributed by atoms with Crippen LogP contribution < -0.4 is 0 Å². The molecule has 17 heavy (non-hydrogen) atoms. The van der Waals surface area contributed by atoms with Gasteiger partial charge in [0.05, 0.1) is 5.60 Å². The van der Waals surface area contributed by atoms with E-state index in [-0.39, 0.29) is 10.8 Å². The van der Waals surface area contributed by atoms with Crippen LogP contribution >= 0.6 is 11.6 Å². The van der Waals surface area contributed by atoms with Crippen molar-refractivity contribution in [3.63, 3.8) is 0 Å². The monoisotopic (exact) mass is 256 g/mol. The zero-order valence-electron chi connectivity index (χ0n) is 10.5. The van der Waals surface area contributed by atoms with Gasteiger partial charge < -0.3 is 4.74 Å². The third-order valence-electron chi connectivity index (χ3n) is 5.51. The Morgan fingerprint density at radius 1 is 1.29 bits per heavy atom. The number of carbonyl (C=O) groups is 1. The standard InChI is InChI=1S/C14H21ClO2/c1-17-14-7-9-4-10(8-14)6-11(5-9)12(14)2-3-13(15)16/h9-12H,2-8H2,1H3. The van der Waals surface area contributed by atoms with Crippen LogP contribution in [-0.2, 0) is 9.53 Å². The highest BCUT2D eigenvalue weighted by Crippen LogP contribution is 2.60. The summed E-state index contributed by atoms with van der Waals surface area (Å²) in [6, 6.07) is 0. The quantitative estimate of drug-likeness (QED) is 0.721. The van der Waals surface area contributed by atoms with E-state index >= 15 is 0 Å². The summed E-state index contributed by atoms with van der Waals surface area (Å²) in [4.78, 5) is 11.0. The normalized spacial score (nSPS) is 47.4. The molecule has 3 atom stereocenters. The Kier molecular flexibility index (Phi) is 2.99. The lowest BCUT2D eigenvalue weighted by molar-refractivity contribution is -0.190. The van der Waals surface area contributed by atoms with Crippen molar-refractivity contribution in [2.45, 2.75) is 50.5 Å². The molecule has 0 heterocycles. The van der Waals surface area contributed by atoms with Gasteiger partial charge in [0.1, 0.15) is 0 Å². The van der Waals surface area contributed by atoms with Gasteiger partial charge >= 0.3 is 0 Å². The Labute approximate surface area is 108 Å². The molecule has 96 valence electrons. The van der Waals surface area contributed by atoms with Gasteiger partial charge in [-0.25, -0.2) is 0 Å². The van der Waals surface area contributed by atoms with Crippen molar-refractivity contribution < 1.29 is 9.53 Å². The van der Waals surface area contributed by atoms with E-state index in [1.54, 1.807) is 0 Å². The first-order valence-corrected chi connectivity index (χ1v) is 7.24. The van der Waals surface area contributed by atoms with Crippen LogP contribution in [0.5, 0.6) is 0 Å². The fourth-order valence-corrected chi connectivity index (χ4v) is 5.27. The van der Waals surface area contributed by atoms with Crippen LogP contribution in [0, 0.1) is 23.7 Å². The fourth-order valence-electron chi connectivity index (χ4n) is 5.16. The lowest BCUT2D eigenvalue weighted by Gasteiger charge is -2.60. The summed E-state index contributed by atoms with van der Waals surface area (Å²) >= 11 is 5.50. The van der Waals surface area contributed by atoms with E-state index in [0.29, 0.717) is 12.3 Å². The van der Waals surface area contributed by atoms with Gasteiger partial charge in [0.25, 0.3) is 0 Å². The van der Waals surface area contributed by atoms with Crippen molar-refractivity contribution in [3.8, 4) is 0 Å². The minimum absolute atomic E-state index is 0.0844. The van der Waals surface area contributed by atoms with E-state index in [1.807, 2.05) is 7.11 Å². The minimum Gasteiger partial charge on any atom is -0.378 e. The molecular formula is C14H21ClO2. The van der Waals surface area contributed by atoms with E-state index in [0.717, 1.165) is 24.2 Å². The molecule has 2 nitrogen and oxygen atoms in total. The third kappa shape index (κ3) is 1.94. The summed E-state index contributed by atoms with van der Waals surface area (Å²) in [6.07, 6.45) is 8.03. The van der Waals surface area contributed by atoms with E-state index in [1.165, 1.54) is 32.1 Å². The van der Waals surface area contributed by atoms with Gasteiger partial charge in [0, 0.05) is 13.5 Å². The van der Waals surface area contributed by atoms with Crippen molar-refractivity contribution in [2.24, 2.45) is 23.7 Å². The Balaban J connectivity index is 1.79. The number of methoxy groups -OCH3 is 1. The van der Waals surface area contributed by atoms with E-state index in [4.69, 9.17) is 16.3 Å². The maximum Gasteiger partial charge on any atom is 0.221 e. The van der Waals surface area contributed by atoms with Crippen LogP contribution in [0.3, 0.4) is 0 Å². The average molecular weight is 257 g/mol. The van der Waals surface area contributed by atoms with Gasteiger partial charge in [0.15, 0.2) is 0 Å². The Bertz CT molecular complexity index is 314. The smallest absolute Gasteiger partial charge is 0.221 e. The number of carbonyl (C=O) groups excluding carboxylic acids is 1. The topological polar surface area (TPSA) is 26.3 Å². The van der Waals surface area contributed by atoms with Gasteiger partial charge in [-0.05, 0) is 73.8 Å². The van der Waals surface area contributed by atoms with Crippen LogP contribution in [0.15, 0.2) is 0 Å². The van der Waals surface area contributed by atoms with Crippen LogP contribution in [0.1, 0.15) is 44.9 Å². The average Bonchev–Trinajstić information content (AvgIpc) is 2.26. The van der Waals surface area contributed by atoms with E-state index < -0.39 is 0 Å². The summed E-state index contributed by atoms with van der Waals surface area (Å²) in [7, 11) is 1.86. The number of rotatable bonds is 4. The first kappa shape index (κ1) is 12.0. The van der Waals surface area contributed by atoms with Gasteiger partial charge in [-0.15, -0.1) is 0 Å². The molecule has 3 unspecified atom stereocenters. The number of ether oxygens (including phenoxy) is 1. The summed E-state index contributed by atoms with van der Waals surface area (Å²) in [5.41, 5.74) is 0.0844. The highest BCUT2D eigenvalue weighted by atomic mass is 35.5. The molecule has 0 aromatic rings. The van der Waals surface area contributed by atoms with Crippen molar-refractivity contribution >= 4 is 16.8 Å². The molecular weight excluding hydrogens is 236 g/mol. The van der Waals surface area contributed by atoms with Gasteiger partial charge in [-0.1, -0.05) is 0 Å². The Hall–Kier alpha value is -0.0800. The summed E-state index contributed by atoms with van der Waals surface area (Å²) in [6.45, 7) is 0. The SMILES string of the molecule is COC12CC3CC(CC(C3)C1CCC(=O)Cl)C2. The predicted octanol–water partition coefficient (Wildman–Crippen LogP) is 3.37. The molecule has 4 saturated carbocycles. The van der Waals surface area contributed by atoms with Crippen LogP contribution in [0.4, 0.5) is 0 Å². The maximum atomic E-state index is 11.0. The molecule has 4 fully saturated rings. The highest BCUT2D eigenvalue weighted by molar-refractivity contribution is 6.63. The second-order valence-electron chi connectivity index (χ2n) is 6.38. The third-order valence-corrected chi connectivity index (χ3v) is 5.70. The van der Waals surface area contributed by atoms with Crippen molar-refractivity contribution in [3.05, 3.63) is 0 Å². The molecule has 4 aliphatic carbocycles.